The van der Waals surface area contributed by atoms with Gasteiger partial charge in [-0.2, -0.15) is 0 Å². The van der Waals surface area contributed by atoms with Crippen molar-refractivity contribution in [3.63, 3.8) is 0 Å². The average molecular weight is 272 g/mol. The Kier molecular flexibility index (Phi) is 3.65. The summed E-state index contributed by atoms with van der Waals surface area (Å²) in [5, 5.41) is 9.12. The fraction of sp³-hybridized carbons (Fsp3) is 0.700. The maximum absolute atomic E-state index is 11.7. The molecule has 8 heteroatoms. The van der Waals surface area contributed by atoms with Crippen molar-refractivity contribution in [1.29, 1.82) is 0 Å². The van der Waals surface area contributed by atoms with Crippen LogP contribution < -0.4 is 5.32 Å². The summed E-state index contributed by atoms with van der Waals surface area (Å²) in [7, 11) is -2.90. The van der Waals surface area contributed by atoms with Crippen molar-refractivity contribution in [2.24, 2.45) is 5.92 Å². The number of rotatable bonds is 4. The lowest BCUT2D eigenvalue weighted by Crippen LogP contribution is -2.30. The Hall–Kier alpha value is -1.44. The molecule has 1 amide bonds. The van der Waals surface area contributed by atoms with Gasteiger partial charge in [-0.05, 0) is 12.3 Å². The van der Waals surface area contributed by atoms with Gasteiger partial charge in [0.1, 0.15) is 5.82 Å². The number of sulfone groups is 1. The van der Waals surface area contributed by atoms with E-state index in [1.807, 2.05) is 6.92 Å². The van der Waals surface area contributed by atoms with Crippen LogP contribution in [0.4, 0.5) is 0 Å². The summed E-state index contributed by atoms with van der Waals surface area (Å²) >= 11 is 0. The highest BCUT2D eigenvalue weighted by atomic mass is 32.2. The van der Waals surface area contributed by atoms with Gasteiger partial charge < -0.3 is 5.32 Å². The van der Waals surface area contributed by atoms with Crippen molar-refractivity contribution in [2.75, 3.05) is 18.1 Å². The van der Waals surface area contributed by atoms with Gasteiger partial charge in [-0.25, -0.2) is 13.4 Å². The maximum atomic E-state index is 11.7. The molecule has 2 rings (SSSR count). The largest absolute Gasteiger partial charge is 0.349 e. The van der Waals surface area contributed by atoms with E-state index < -0.39 is 9.84 Å². The molecule has 0 radical (unpaired) electrons. The van der Waals surface area contributed by atoms with Gasteiger partial charge in [0.15, 0.2) is 9.84 Å². The first kappa shape index (κ1) is 13.0. The number of carbonyl (C=O) groups is 1. The van der Waals surface area contributed by atoms with Crippen LogP contribution >= 0.6 is 0 Å². The van der Waals surface area contributed by atoms with Crippen molar-refractivity contribution >= 4 is 15.7 Å². The fourth-order valence-corrected chi connectivity index (χ4v) is 3.77. The van der Waals surface area contributed by atoms with Crippen LogP contribution in [-0.2, 0) is 16.3 Å². The molecule has 0 aliphatic carbocycles. The maximum Gasteiger partial charge on any atom is 0.290 e. The first-order chi connectivity index (χ1) is 8.50. The van der Waals surface area contributed by atoms with Crippen LogP contribution in [0, 0.1) is 5.92 Å². The predicted octanol–water partition coefficient (Wildman–Crippen LogP) is -0.468. The van der Waals surface area contributed by atoms with E-state index in [-0.39, 0.29) is 29.2 Å². The van der Waals surface area contributed by atoms with Crippen LogP contribution in [-0.4, -0.2) is 47.6 Å². The van der Waals surface area contributed by atoms with Crippen LogP contribution in [0.1, 0.15) is 29.8 Å². The van der Waals surface area contributed by atoms with E-state index in [9.17, 15) is 13.2 Å². The monoisotopic (exact) mass is 272 g/mol. The quantitative estimate of drug-likeness (QED) is 0.771. The number of nitrogens with zero attached hydrogens (tertiary/aromatic N) is 2. The van der Waals surface area contributed by atoms with E-state index in [4.69, 9.17) is 0 Å². The van der Waals surface area contributed by atoms with E-state index in [1.165, 1.54) is 0 Å². The molecule has 0 saturated carbocycles. The molecule has 1 atom stereocenters. The minimum atomic E-state index is -2.90. The van der Waals surface area contributed by atoms with Crippen molar-refractivity contribution < 1.29 is 13.2 Å². The molecule has 1 aliphatic rings. The first-order valence-corrected chi connectivity index (χ1v) is 7.72. The second-order valence-corrected chi connectivity index (χ2v) is 6.67. The van der Waals surface area contributed by atoms with Crippen molar-refractivity contribution in [1.82, 2.24) is 20.5 Å². The van der Waals surface area contributed by atoms with Crippen LogP contribution in [0.3, 0.4) is 0 Å². The zero-order valence-corrected chi connectivity index (χ0v) is 11.0. The van der Waals surface area contributed by atoms with Crippen LogP contribution in [0.15, 0.2) is 0 Å². The zero-order chi connectivity index (χ0) is 13.2. The number of aryl methyl sites for hydroxylation is 1. The fourth-order valence-electron chi connectivity index (χ4n) is 1.90. The van der Waals surface area contributed by atoms with Crippen LogP contribution in [0.25, 0.3) is 0 Å². The molecule has 1 unspecified atom stereocenters. The van der Waals surface area contributed by atoms with Crippen LogP contribution in [0.5, 0.6) is 0 Å². The van der Waals surface area contributed by atoms with Gasteiger partial charge in [-0.15, -0.1) is 5.10 Å². The Morgan fingerprint density at radius 1 is 1.56 bits per heavy atom. The van der Waals surface area contributed by atoms with Gasteiger partial charge >= 0.3 is 0 Å². The summed E-state index contributed by atoms with van der Waals surface area (Å²) in [4.78, 5) is 15.7. The van der Waals surface area contributed by atoms with Crippen molar-refractivity contribution in [3.8, 4) is 0 Å². The lowest BCUT2D eigenvalue weighted by atomic mass is 10.1. The Labute approximate surface area is 105 Å². The number of amides is 1. The predicted molar refractivity (Wildman–Crippen MR) is 64.9 cm³/mol. The Morgan fingerprint density at radius 3 is 2.89 bits per heavy atom. The Morgan fingerprint density at radius 2 is 2.33 bits per heavy atom. The molecule has 1 fully saturated rings. The standard InChI is InChI=1S/C10H16N4O3S/c1-2-8-12-9(14-13-8)10(15)11-5-7-3-4-18(16,17)6-7/h7H,2-6H2,1H3,(H,11,15)(H,12,13,14). The topological polar surface area (TPSA) is 105 Å². The van der Waals surface area contributed by atoms with Crippen molar-refractivity contribution in [3.05, 3.63) is 11.6 Å². The van der Waals surface area contributed by atoms with E-state index in [0.29, 0.717) is 25.2 Å². The number of aromatic nitrogens is 3. The third kappa shape index (κ3) is 3.06. The number of H-pyrrole nitrogens is 1. The molecule has 1 aromatic rings. The van der Waals surface area contributed by atoms with E-state index in [1.54, 1.807) is 0 Å². The molecular formula is C10H16N4O3S. The summed E-state index contributed by atoms with van der Waals surface area (Å²) in [6.45, 7) is 2.26. The van der Waals surface area contributed by atoms with Crippen molar-refractivity contribution in [2.45, 2.75) is 19.8 Å². The molecule has 1 aromatic heterocycles. The average Bonchev–Trinajstić information content (AvgIpc) is 2.92. The summed E-state index contributed by atoms with van der Waals surface area (Å²) in [5.74, 6) is 0.769. The summed E-state index contributed by atoms with van der Waals surface area (Å²) in [6.07, 6.45) is 1.29. The molecule has 100 valence electrons. The first-order valence-electron chi connectivity index (χ1n) is 5.90. The van der Waals surface area contributed by atoms with E-state index >= 15 is 0 Å². The van der Waals surface area contributed by atoms with Gasteiger partial charge in [-0.3, -0.25) is 9.89 Å². The molecule has 1 saturated heterocycles. The molecule has 0 spiro atoms. The smallest absolute Gasteiger partial charge is 0.290 e. The van der Waals surface area contributed by atoms with Gasteiger partial charge in [-0.1, -0.05) is 6.92 Å². The van der Waals surface area contributed by atoms with E-state index in [2.05, 4.69) is 20.5 Å². The van der Waals surface area contributed by atoms with Gasteiger partial charge in [0.05, 0.1) is 11.5 Å². The number of carbonyl (C=O) groups excluding carboxylic acids is 1. The Bertz CT molecular complexity index is 537. The normalized spacial score (nSPS) is 21.9. The van der Waals surface area contributed by atoms with Gasteiger partial charge in [0.2, 0.25) is 5.82 Å². The minimum absolute atomic E-state index is 0.00328. The molecule has 1 aliphatic heterocycles. The lowest BCUT2D eigenvalue weighted by molar-refractivity contribution is 0.0938. The van der Waals surface area contributed by atoms with Gasteiger partial charge in [0, 0.05) is 13.0 Å². The second kappa shape index (κ2) is 5.05. The highest BCUT2D eigenvalue weighted by molar-refractivity contribution is 7.91. The number of hydrogen-bond acceptors (Lipinski definition) is 5. The molecule has 2 heterocycles. The molecule has 18 heavy (non-hydrogen) atoms. The third-order valence-corrected chi connectivity index (χ3v) is 4.78. The van der Waals surface area contributed by atoms with Gasteiger partial charge in [0.25, 0.3) is 5.91 Å². The number of hydrogen-bond donors (Lipinski definition) is 2. The van der Waals surface area contributed by atoms with Crippen LogP contribution in [0.2, 0.25) is 0 Å². The number of aromatic amines is 1. The zero-order valence-electron chi connectivity index (χ0n) is 10.1. The number of nitrogens with one attached hydrogen (secondary N) is 2. The molecule has 2 N–H and O–H groups in total. The SMILES string of the molecule is CCc1nc(C(=O)NCC2CCS(=O)(=O)C2)n[nH]1. The lowest BCUT2D eigenvalue weighted by Gasteiger charge is -2.07. The molecule has 7 nitrogen and oxygen atoms in total. The molecular weight excluding hydrogens is 256 g/mol. The Balaban J connectivity index is 1.85. The minimum Gasteiger partial charge on any atom is -0.349 e. The highest BCUT2D eigenvalue weighted by Crippen LogP contribution is 2.17. The summed E-state index contributed by atoms with van der Waals surface area (Å²) < 4.78 is 22.5. The highest BCUT2D eigenvalue weighted by Gasteiger charge is 2.28. The second-order valence-electron chi connectivity index (χ2n) is 4.44. The van der Waals surface area contributed by atoms with E-state index in [0.717, 1.165) is 0 Å². The third-order valence-electron chi connectivity index (χ3n) is 2.95. The summed E-state index contributed by atoms with van der Waals surface area (Å²) in [6, 6.07) is 0. The summed E-state index contributed by atoms with van der Waals surface area (Å²) in [5.41, 5.74) is 0. The molecule has 0 aromatic carbocycles. The molecule has 0 bridgehead atoms.